The van der Waals surface area contributed by atoms with Gasteiger partial charge in [-0.1, -0.05) is 6.07 Å². The van der Waals surface area contributed by atoms with Crippen molar-refractivity contribution in [3.8, 4) is 11.5 Å². The van der Waals surface area contributed by atoms with Crippen molar-refractivity contribution in [1.82, 2.24) is 4.90 Å². The fourth-order valence-corrected chi connectivity index (χ4v) is 6.93. The van der Waals surface area contributed by atoms with Gasteiger partial charge in [0.05, 0.1) is 17.4 Å². The van der Waals surface area contributed by atoms with Crippen molar-refractivity contribution in [3.63, 3.8) is 0 Å². The first kappa shape index (κ1) is 31.8. The molecule has 0 saturated carbocycles. The molecule has 5 atom stereocenters. The van der Waals surface area contributed by atoms with Crippen LogP contribution in [0.15, 0.2) is 24.0 Å². The lowest BCUT2D eigenvalue weighted by atomic mass is 9.50. The molecule has 44 heavy (non-hydrogen) atoms. The van der Waals surface area contributed by atoms with E-state index >= 15 is 0 Å². The number of ether oxygens (including phenoxy) is 6. The van der Waals surface area contributed by atoms with Gasteiger partial charge in [0.1, 0.15) is 17.0 Å². The van der Waals surface area contributed by atoms with Crippen LogP contribution < -0.4 is 9.47 Å². The SMILES string of the molecule is CC(=O)OC(CC(=O)OC1=CC[C@@]2(O)[C@H]3Cc4ccc(OC(=O)OC(C)(C)C)c5c4[C@@]2(CCN3C)[C@H]1O5)C(=O)OC(C)(C)C. The first-order valence-corrected chi connectivity index (χ1v) is 14.8. The van der Waals surface area contributed by atoms with Gasteiger partial charge in [-0.15, -0.1) is 0 Å². The average molecular weight is 616 g/mol. The Balaban J connectivity index is 1.48. The lowest BCUT2D eigenvalue weighted by molar-refractivity contribution is -0.179. The Morgan fingerprint density at radius 2 is 1.75 bits per heavy atom. The molecule has 1 aromatic rings. The molecular weight excluding hydrogens is 574 g/mol. The Kier molecular flexibility index (Phi) is 7.77. The Hall–Kier alpha value is -3.64. The zero-order valence-electron chi connectivity index (χ0n) is 26.5. The molecule has 1 aromatic carbocycles. The second-order valence-electron chi connectivity index (χ2n) is 14.0. The molecule has 2 aliphatic carbocycles. The number of carbonyl (C=O) groups excluding carboxylic acids is 4. The summed E-state index contributed by atoms with van der Waals surface area (Å²) in [5, 5.41) is 12.4. The van der Waals surface area contributed by atoms with Crippen LogP contribution in [0, 0.1) is 0 Å². The van der Waals surface area contributed by atoms with Crippen molar-refractivity contribution < 1.29 is 52.7 Å². The third kappa shape index (κ3) is 5.53. The zero-order chi connectivity index (χ0) is 32.4. The number of esters is 3. The van der Waals surface area contributed by atoms with E-state index in [0.29, 0.717) is 19.4 Å². The summed E-state index contributed by atoms with van der Waals surface area (Å²) < 4.78 is 33.7. The maximum Gasteiger partial charge on any atom is 0.514 e. The highest BCUT2D eigenvalue weighted by Crippen LogP contribution is 2.65. The molecule has 240 valence electrons. The Bertz CT molecular complexity index is 1420. The second kappa shape index (κ2) is 10.8. The topological polar surface area (TPSA) is 147 Å². The highest BCUT2D eigenvalue weighted by atomic mass is 16.7. The summed E-state index contributed by atoms with van der Waals surface area (Å²) in [6, 6.07) is 3.27. The number of hydrogen-bond donors (Lipinski definition) is 1. The molecule has 1 fully saturated rings. The molecule has 1 spiro atoms. The molecule has 2 bridgehead atoms. The standard InChI is InChI=1S/C32H41NO11/c1-17(34)39-21(27(36)43-29(2,3)4)16-23(35)40-20-11-12-32(38)22-15-18-9-10-19(41-28(37)44-30(5,6)7)25-24(18)31(32,26(20)42-25)13-14-33(22)8/h9-11,21-22,26,38H,12-16H2,1-8H3/t21?,22-,26+,31+,32-/m1/s1. The van der Waals surface area contributed by atoms with E-state index in [2.05, 4.69) is 4.90 Å². The zero-order valence-corrected chi connectivity index (χ0v) is 26.5. The number of aliphatic hydroxyl groups is 1. The Morgan fingerprint density at radius 1 is 1.07 bits per heavy atom. The van der Waals surface area contributed by atoms with Crippen LogP contribution in [-0.2, 0) is 45.2 Å². The molecule has 12 heteroatoms. The van der Waals surface area contributed by atoms with Crippen LogP contribution in [0.5, 0.6) is 11.5 Å². The summed E-state index contributed by atoms with van der Waals surface area (Å²) in [6.07, 6.45) is -1.13. The van der Waals surface area contributed by atoms with Crippen LogP contribution in [0.1, 0.15) is 78.9 Å². The summed E-state index contributed by atoms with van der Waals surface area (Å²) in [6.45, 7) is 11.9. The Morgan fingerprint density at radius 3 is 2.39 bits per heavy atom. The first-order chi connectivity index (χ1) is 20.3. The summed E-state index contributed by atoms with van der Waals surface area (Å²) in [5.74, 6) is -1.91. The smallest absolute Gasteiger partial charge is 0.477 e. The largest absolute Gasteiger partial charge is 0.514 e. The quantitative estimate of drug-likeness (QED) is 0.284. The fraction of sp³-hybridized carbons (Fsp3) is 0.625. The molecule has 2 heterocycles. The van der Waals surface area contributed by atoms with E-state index in [-0.39, 0.29) is 29.7 Å². The van der Waals surface area contributed by atoms with Crippen molar-refractivity contribution in [3.05, 3.63) is 35.1 Å². The van der Waals surface area contributed by atoms with E-state index in [1.807, 2.05) is 13.1 Å². The van der Waals surface area contributed by atoms with Gasteiger partial charge in [0.25, 0.3) is 0 Å². The van der Waals surface area contributed by atoms with E-state index in [0.717, 1.165) is 18.1 Å². The molecular formula is C32H41NO11. The van der Waals surface area contributed by atoms with Gasteiger partial charge >= 0.3 is 24.1 Å². The van der Waals surface area contributed by atoms with Gasteiger partial charge in [-0.2, -0.15) is 0 Å². The number of piperidine rings is 1. The minimum absolute atomic E-state index is 0.132. The van der Waals surface area contributed by atoms with Crippen molar-refractivity contribution in [2.24, 2.45) is 0 Å². The van der Waals surface area contributed by atoms with Gasteiger partial charge in [0.15, 0.2) is 17.6 Å². The number of carbonyl (C=O) groups is 4. The Labute approximate surface area is 256 Å². The predicted molar refractivity (Wildman–Crippen MR) is 154 cm³/mol. The summed E-state index contributed by atoms with van der Waals surface area (Å²) in [5.41, 5.74) is -2.28. The van der Waals surface area contributed by atoms with Crippen LogP contribution in [0.3, 0.4) is 0 Å². The van der Waals surface area contributed by atoms with Crippen LogP contribution in [0.25, 0.3) is 0 Å². The molecule has 1 N–H and O–H groups in total. The van der Waals surface area contributed by atoms with E-state index in [4.69, 9.17) is 28.4 Å². The minimum atomic E-state index is -1.51. The van der Waals surface area contributed by atoms with Crippen LogP contribution in [0.2, 0.25) is 0 Å². The normalized spacial score (nSPS) is 27.6. The van der Waals surface area contributed by atoms with Crippen molar-refractivity contribution in [2.45, 2.75) is 115 Å². The molecule has 0 radical (unpaired) electrons. The molecule has 12 nitrogen and oxygen atoms in total. The molecule has 2 aliphatic heterocycles. The van der Waals surface area contributed by atoms with Crippen molar-refractivity contribution in [1.29, 1.82) is 0 Å². The van der Waals surface area contributed by atoms with E-state index < -0.39 is 64.9 Å². The van der Waals surface area contributed by atoms with Crippen LogP contribution >= 0.6 is 0 Å². The lowest BCUT2D eigenvalue weighted by Crippen LogP contribution is -2.74. The number of benzene rings is 1. The van der Waals surface area contributed by atoms with Crippen molar-refractivity contribution in [2.75, 3.05) is 13.6 Å². The van der Waals surface area contributed by atoms with E-state index in [9.17, 15) is 24.3 Å². The predicted octanol–water partition coefficient (Wildman–Crippen LogP) is 3.48. The molecule has 1 saturated heterocycles. The van der Waals surface area contributed by atoms with Gasteiger partial charge in [-0.3, -0.25) is 9.59 Å². The first-order valence-electron chi connectivity index (χ1n) is 14.8. The van der Waals surface area contributed by atoms with Crippen LogP contribution in [-0.4, -0.2) is 82.7 Å². The third-order valence-corrected chi connectivity index (χ3v) is 8.48. The number of likely N-dealkylation sites (N-methyl/N-ethyl adjacent to an activating group) is 1. The van der Waals surface area contributed by atoms with E-state index in [1.54, 1.807) is 53.7 Å². The van der Waals surface area contributed by atoms with Gasteiger partial charge in [-0.05, 0) is 85.7 Å². The van der Waals surface area contributed by atoms with Crippen molar-refractivity contribution >= 4 is 24.1 Å². The molecule has 1 unspecified atom stereocenters. The maximum atomic E-state index is 13.3. The molecule has 4 aliphatic rings. The number of nitrogens with zero attached hydrogens (tertiary/aromatic N) is 1. The summed E-state index contributed by atoms with van der Waals surface area (Å²) in [4.78, 5) is 52.5. The van der Waals surface area contributed by atoms with Crippen LogP contribution in [0.4, 0.5) is 4.79 Å². The highest BCUT2D eigenvalue weighted by Gasteiger charge is 2.72. The maximum absolute atomic E-state index is 13.3. The lowest BCUT2D eigenvalue weighted by Gasteiger charge is -2.61. The highest BCUT2D eigenvalue weighted by molar-refractivity contribution is 5.85. The molecule has 0 aromatic heterocycles. The fourth-order valence-electron chi connectivity index (χ4n) is 6.93. The second-order valence-corrected chi connectivity index (χ2v) is 14.0. The number of hydrogen-bond acceptors (Lipinski definition) is 12. The summed E-state index contributed by atoms with van der Waals surface area (Å²) >= 11 is 0. The third-order valence-electron chi connectivity index (χ3n) is 8.48. The van der Waals surface area contributed by atoms with E-state index in [1.165, 1.54) is 0 Å². The molecule has 0 amide bonds. The van der Waals surface area contributed by atoms with Gasteiger partial charge < -0.3 is 38.4 Å². The molecule has 5 rings (SSSR count). The van der Waals surface area contributed by atoms with Gasteiger partial charge in [0.2, 0.25) is 6.10 Å². The minimum Gasteiger partial charge on any atom is -0.477 e. The average Bonchev–Trinajstić information content (AvgIpc) is 3.22. The van der Waals surface area contributed by atoms with Gasteiger partial charge in [0, 0.05) is 24.9 Å². The monoisotopic (exact) mass is 615 g/mol. The number of likely N-dealkylation sites (tertiary alicyclic amines) is 1. The summed E-state index contributed by atoms with van der Waals surface area (Å²) in [7, 11) is 1.97. The van der Waals surface area contributed by atoms with Gasteiger partial charge in [-0.25, -0.2) is 9.59 Å². The number of rotatable bonds is 6.